The van der Waals surface area contributed by atoms with Crippen LogP contribution in [0.25, 0.3) is 0 Å². The second-order valence-electron chi connectivity index (χ2n) is 5.21. The van der Waals surface area contributed by atoms with Crippen molar-refractivity contribution in [1.82, 2.24) is 9.62 Å². The Morgan fingerprint density at radius 3 is 2.55 bits per heavy atom. The van der Waals surface area contributed by atoms with Crippen LogP contribution < -0.4 is 14.8 Å². The molecular formula is C14H21BrN2O4S. The van der Waals surface area contributed by atoms with Crippen molar-refractivity contribution in [1.29, 1.82) is 0 Å². The molecule has 6 nitrogen and oxygen atoms in total. The molecule has 1 fully saturated rings. The molecule has 1 aliphatic heterocycles. The molecule has 0 spiro atoms. The highest BCUT2D eigenvalue weighted by Gasteiger charge is 2.34. The molecule has 1 aliphatic rings. The molecule has 1 aromatic rings. The minimum atomic E-state index is -3.56. The standard InChI is InChI=1S/C14H21BrN2O4S/c1-16-8-10-4-5-17(9-10)22(18,19)14-7-13(21-3)12(20-2)6-11(14)15/h6-7,10,16H,4-5,8-9H2,1-3H3/t10-/m0/s1. The number of ether oxygens (including phenoxy) is 2. The minimum Gasteiger partial charge on any atom is -0.493 e. The fourth-order valence-electron chi connectivity index (χ4n) is 2.64. The van der Waals surface area contributed by atoms with Gasteiger partial charge in [0.05, 0.1) is 14.2 Å². The van der Waals surface area contributed by atoms with Crippen LogP contribution in [0.15, 0.2) is 21.5 Å². The van der Waals surface area contributed by atoms with E-state index in [4.69, 9.17) is 9.47 Å². The van der Waals surface area contributed by atoms with Crippen LogP contribution in [-0.4, -0.2) is 53.6 Å². The monoisotopic (exact) mass is 392 g/mol. The molecule has 2 rings (SSSR count). The van der Waals surface area contributed by atoms with Crippen LogP contribution in [-0.2, 0) is 10.0 Å². The molecule has 1 N–H and O–H groups in total. The first-order valence-electron chi connectivity index (χ1n) is 7.00. The third kappa shape index (κ3) is 3.40. The Morgan fingerprint density at radius 1 is 1.32 bits per heavy atom. The van der Waals surface area contributed by atoms with E-state index in [-0.39, 0.29) is 4.90 Å². The van der Waals surface area contributed by atoms with Gasteiger partial charge in [0, 0.05) is 23.6 Å². The summed E-state index contributed by atoms with van der Waals surface area (Å²) in [5, 5.41) is 3.10. The van der Waals surface area contributed by atoms with Crippen molar-refractivity contribution in [2.45, 2.75) is 11.3 Å². The summed E-state index contributed by atoms with van der Waals surface area (Å²) < 4.78 is 38.1. The van der Waals surface area contributed by atoms with Gasteiger partial charge in [0.2, 0.25) is 10.0 Å². The van der Waals surface area contributed by atoms with Crippen LogP contribution in [0.2, 0.25) is 0 Å². The quantitative estimate of drug-likeness (QED) is 0.797. The first-order valence-corrected chi connectivity index (χ1v) is 9.23. The third-order valence-corrected chi connectivity index (χ3v) is 6.62. The van der Waals surface area contributed by atoms with Gasteiger partial charge in [-0.05, 0) is 47.9 Å². The van der Waals surface area contributed by atoms with Gasteiger partial charge < -0.3 is 14.8 Å². The van der Waals surface area contributed by atoms with E-state index in [1.807, 2.05) is 7.05 Å². The Morgan fingerprint density at radius 2 is 1.95 bits per heavy atom. The van der Waals surface area contributed by atoms with Crippen LogP contribution in [0.5, 0.6) is 11.5 Å². The summed E-state index contributed by atoms with van der Waals surface area (Å²) >= 11 is 3.33. The van der Waals surface area contributed by atoms with Gasteiger partial charge in [-0.15, -0.1) is 0 Å². The van der Waals surface area contributed by atoms with Gasteiger partial charge in [-0.2, -0.15) is 4.31 Å². The number of benzene rings is 1. The summed E-state index contributed by atoms with van der Waals surface area (Å²) in [7, 11) is 1.32. The van der Waals surface area contributed by atoms with Crippen LogP contribution in [0.3, 0.4) is 0 Å². The molecule has 0 aromatic heterocycles. The van der Waals surface area contributed by atoms with Crippen LogP contribution in [0, 0.1) is 5.92 Å². The summed E-state index contributed by atoms with van der Waals surface area (Å²) in [6.45, 7) is 1.89. The largest absolute Gasteiger partial charge is 0.493 e. The first kappa shape index (κ1) is 17.5. The lowest BCUT2D eigenvalue weighted by Gasteiger charge is -2.19. The van der Waals surface area contributed by atoms with Gasteiger partial charge in [-0.3, -0.25) is 0 Å². The third-order valence-electron chi connectivity index (χ3n) is 3.80. The highest BCUT2D eigenvalue weighted by atomic mass is 79.9. The number of methoxy groups -OCH3 is 2. The zero-order valence-corrected chi connectivity index (χ0v) is 15.3. The summed E-state index contributed by atoms with van der Waals surface area (Å²) in [6.07, 6.45) is 0.866. The van der Waals surface area contributed by atoms with Crippen molar-refractivity contribution in [3.63, 3.8) is 0 Å². The number of rotatable bonds is 6. The van der Waals surface area contributed by atoms with Gasteiger partial charge in [-0.1, -0.05) is 0 Å². The lowest BCUT2D eigenvalue weighted by Crippen LogP contribution is -2.30. The Labute approximate surface area is 140 Å². The van der Waals surface area contributed by atoms with Crippen LogP contribution in [0.4, 0.5) is 0 Å². The Kier molecular flexibility index (Phi) is 5.70. The van der Waals surface area contributed by atoms with E-state index in [2.05, 4.69) is 21.2 Å². The summed E-state index contributed by atoms with van der Waals surface area (Å²) in [4.78, 5) is 0.204. The first-order chi connectivity index (χ1) is 10.4. The number of hydrogen-bond donors (Lipinski definition) is 1. The fraction of sp³-hybridized carbons (Fsp3) is 0.571. The van der Waals surface area contributed by atoms with E-state index < -0.39 is 10.0 Å². The number of nitrogens with zero attached hydrogens (tertiary/aromatic N) is 1. The molecule has 0 bridgehead atoms. The van der Waals surface area contributed by atoms with Crippen molar-refractivity contribution < 1.29 is 17.9 Å². The van der Waals surface area contributed by atoms with Crippen molar-refractivity contribution in [3.8, 4) is 11.5 Å². The SMILES string of the molecule is CNC[C@@H]1CCN(S(=O)(=O)c2cc(OC)c(OC)cc2Br)C1. The number of halogens is 1. The zero-order valence-electron chi connectivity index (χ0n) is 12.9. The molecule has 1 saturated heterocycles. The molecule has 1 aromatic carbocycles. The topological polar surface area (TPSA) is 67.9 Å². The molecule has 0 aliphatic carbocycles. The van der Waals surface area contributed by atoms with E-state index >= 15 is 0 Å². The zero-order chi connectivity index (χ0) is 16.3. The highest BCUT2D eigenvalue weighted by Crippen LogP contribution is 2.37. The molecule has 0 unspecified atom stereocenters. The molecule has 8 heteroatoms. The summed E-state index contributed by atoms with van der Waals surface area (Å²) in [6, 6.07) is 3.12. The van der Waals surface area contributed by atoms with Gasteiger partial charge >= 0.3 is 0 Å². The van der Waals surface area contributed by atoms with Crippen LogP contribution >= 0.6 is 15.9 Å². The predicted molar refractivity (Wildman–Crippen MR) is 88.0 cm³/mol. The average molecular weight is 393 g/mol. The Hall–Kier alpha value is -0.830. The minimum absolute atomic E-state index is 0.204. The Balaban J connectivity index is 2.34. The van der Waals surface area contributed by atoms with E-state index in [0.29, 0.717) is 35.0 Å². The van der Waals surface area contributed by atoms with E-state index in [1.54, 1.807) is 6.07 Å². The van der Waals surface area contributed by atoms with Gasteiger partial charge in [0.15, 0.2) is 11.5 Å². The normalized spacial score (nSPS) is 19.4. The second-order valence-corrected chi connectivity index (χ2v) is 7.97. The molecule has 124 valence electrons. The maximum atomic E-state index is 12.9. The van der Waals surface area contributed by atoms with E-state index in [1.165, 1.54) is 24.6 Å². The number of sulfonamides is 1. The van der Waals surface area contributed by atoms with Gasteiger partial charge in [-0.25, -0.2) is 8.42 Å². The lowest BCUT2D eigenvalue weighted by atomic mass is 10.1. The van der Waals surface area contributed by atoms with Crippen molar-refractivity contribution in [2.24, 2.45) is 5.92 Å². The van der Waals surface area contributed by atoms with E-state index in [0.717, 1.165) is 13.0 Å². The number of hydrogen-bond acceptors (Lipinski definition) is 5. The summed E-state index contributed by atoms with van der Waals surface area (Å²) in [5.41, 5.74) is 0. The van der Waals surface area contributed by atoms with Crippen molar-refractivity contribution in [3.05, 3.63) is 16.6 Å². The van der Waals surface area contributed by atoms with E-state index in [9.17, 15) is 8.42 Å². The predicted octanol–water partition coefficient (Wildman–Crippen LogP) is 1.70. The average Bonchev–Trinajstić information content (AvgIpc) is 2.96. The summed E-state index contributed by atoms with van der Waals surface area (Å²) in [5.74, 6) is 1.23. The molecule has 22 heavy (non-hydrogen) atoms. The Bertz CT molecular complexity index is 636. The molecule has 1 atom stereocenters. The smallest absolute Gasteiger partial charge is 0.244 e. The fourth-order valence-corrected chi connectivity index (χ4v) is 5.17. The molecular weight excluding hydrogens is 372 g/mol. The maximum absolute atomic E-state index is 12.9. The lowest BCUT2D eigenvalue weighted by molar-refractivity contribution is 0.353. The maximum Gasteiger partial charge on any atom is 0.244 e. The molecule has 1 heterocycles. The van der Waals surface area contributed by atoms with Gasteiger partial charge in [0.1, 0.15) is 4.90 Å². The molecule has 0 saturated carbocycles. The highest BCUT2D eigenvalue weighted by molar-refractivity contribution is 9.10. The molecule has 0 radical (unpaired) electrons. The second kappa shape index (κ2) is 7.16. The van der Waals surface area contributed by atoms with Crippen LogP contribution in [0.1, 0.15) is 6.42 Å². The van der Waals surface area contributed by atoms with Gasteiger partial charge in [0.25, 0.3) is 0 Å². The van der Waals surface area contributed by atoms with Crippen molar-refractivity contribution >= 4 is 26.0 Å². The van der Waals surface area contributed by atoms with Crippen molar-refractivity contribution in [2.75, 3.05) is 40.9 Å². The molecule has 0 amide bonds. The number of nitrogens with one attached hydrogen (secondary N) is 1.